The lowest BCUT2D eigenvalue weighted by Crippen LogP contribution is -2.53. The van der Waals surface area contributed by atoms with Crippen LogP contribution in [0.4, 0.5) is 0 Å². The van der Waals surface area contributed by atoms with Crippen LogP contribution in [0.1, 0.15) is 31.4 Å². The fourth-order valence-electron chi connectivity index (χ4n) is 1.87. The lowest BCUT2D eigenvalue weighted by molar-refractivity contribution is -0.123. The number of amides is 1. The average Bonchev–Trinajstić information content (AvgIpc) is 2.34. The Hall–Kier alpha value is -1.00. The number of rotatable bonds is 7. The van der Waals surface area contributed by atoms with Crippen molar-refractivity contribution in [2.24, 2.45) is 5.73 Å². The van der Waals surface area contributed by atoms with Crippen LogP contribution in [0.5, 0.6) is 0 Å². The molecule has 1 aromatic carbocycles. The Morgan fingerprint density at radius 2 is 2.05 bits per heavy atom. The number of carbonyl (C=O) groups excluding carboxylic acids is 1. The van der Waals surface area contributed by atoms with Gasteiger partial charge >= 0.3 is 0 Å². The Morgan fingerprint density at radius 3 is 2.58 bits per heavy atom. The number of nitrogens with one attached hydrogen (secondary N) is 1. The van der Waals surface area contributed by atoms with Gasteiger partial charge in [0.15, 0.2) is 0 Å². The molecule has 1 amide bonds. The smallest absolute Gasteiger partial charge is 0.237 e. The Morgan fingerprint density at radius 1 is 1.37 bits per heavy atom. The molecule has 3 nitrogen and oxygen atoms in total. The van der Waals surface area contributed by atoms with Gasteiger partial charge in [-0.25, -0.2) is 0 Å². The zero-order valence-electron chi connectivity index (χ0n) is 12.2. The number of hydrogen-bond acceptors (Lipinski definition) is 3. The number of benzene rings is 1. The van der Waals surface area contributed by atoms with Crippen molar-refractivity contribution in [3.63, 3.8) is 0 Å². The molecule has 0 aromatic heterocycles. The normalized spacial score (nSPS) is 14.1. The van der Waals surface area contributed by atoms with Crippen molar-refractivity contribution >= 4 is 17.7 Å². The molecule has 1 aromatic rings. The summed E-state index contributed by atoms with van der Waals surface area (Å²) in [6.45, 7) is 8.83. The second-order valence-electron chi connectivity index (χ2n) is 5.07. The SMILES string of the molecule is CCNC(C)(CCSc1ccc(C)c(C)c1)C(N)=O. The summed E-state index contributed by atoms with van der Waals surface area (Å²) in [5.74, 6) is 0.588. The molecular weight excluding hydrogens is 256 g/mol. The first-order valence-corrected chi connectivity index (χ1v) is 7.62. The average molecular weight is 280 g/mol. The van der Waals surface area contributed by atoms with Crippen LogP contribution in [0.15, 0.2) is 23.1 Å². The highest BCUT2D eigenvalue weighted by Gasteiger charge is 2.29. The van der Waals surface area contributed by atoms with Crippen LogP contribution < -0.4 is 11.1 Å². The molecule has 1 unspecified atom stereocenters. The Bertz CT molecular complexity index is 448. The maximum Gasteiger partial charge on any atom is 0.237 e. The maximum atomic E-state index is 11.5. The molecule has 4 heteroatoms. The molecular formula is C15H24N2OS. The van der Waals surface area contributed by atoms with Gasteiger partial charge in [-0.3, -0.25) is 4.79 Å². The van der Waals surface area contributed by atoms with E-state index in [0.29, 0.717) is 0 Å². The second kappa shape index (κ2) is 6.96. The van der Waals surface area contributed by atoms with Crippen LogP contribution in [-0.4, -0.2) is 23.7 Å². The van der Waals surface area contributed by atoms with E-state index in [2.05, 4.69) is 37.4 Å². The molecule has 1 atom stereocenters. The molecule has 0 saturated heterocycles. The van der Waals surface area contributed by atoms with Crippen molar-refractivity contribution < 1.29 is 4.79 Å². The van der Waals surface area contributed by atoms with Crippen molar-refractivity contribution in [1.29, 1.82) is 0 Å². The summed E-state index contributed by atoms with van der Waals surface area (Å²) in [5.41, 5.74) is 7.47. The van der Waals surface area contributed by atoms with E-state index < -0.39 is 5.54 Å². The number of carbonyl (C=O) groups is 1. The van der Waals surface area contributed by atoms with Gasteiger partial charge < -0.3 is 11.1 Å². The molecule has 0 aliphatic heterocycles. The van der Waals surface area contributed by atoms with E-state index in [1.807, 2.05) is 13.8 Å². The third kappa shape index (κ3) is 4.55. The fourth-order valence-corrected chi connectivity index (χ4v) is 3.04. The number of thioether (sulfide) groups is 1. The largest absolute Gasteiger partial charge is 0.368 e. The monoisotopic (exact) mass is 280 g/mol. The van der Waals surface area contributed by atoms with Crippen molar-refractivity contribution in [1.82, 2.24) is 5.32 Å². The molecule has 3 N–H and O–H groups in total. The van der Waals surface area contributed by atoms with E-state index in [-0.39, 0.29) is 5.91 Å². The van der Waals surface area contributed by atoms with E-state index in [9.17, 15) is 4.79 Å². The zero-order chi connectivity index (χ0) is 14.5. The number of hydrogen-bond donors (Lipinski definition) is 2. The van der Waals surface area contributed by atoms with E-state index in [1.54, 1.807) is 11.8 Å². The first-order valence-electron chi connectivity index (χ1n) is 6.64. The third-order valence-electron chi connectivity index (χ3n) is 3.46. The van der Waals surface area contributed by atoms with E-state index in [0.717, 1.165) is 18.7 Å². The summed E-state index contributed by atoms with van der Waals surface area (Å²) in [4.78, 5) is 12.7. The van der Waals surface area contributed by atoms with Crippen LogP contribution in [0.3, 0.4) is 0 Å². The van der Waals surface area contributed by atoms with E-state index >= 15 is 0 Å². The van der Waals surface area contributed by atoms with Crippen LogP contribution in [-0.2, 0) is 4.79 Å². The molecule has 0 aliphatic rings. The van der Waals surface area contributed by atoms with Crippen molar-refractivity contribution in [3.8, 4) is 0 Å². The van der Waals surface area contributed by atoms with Crippen molar-refractivity contribution in [3.05, 3.63) is 29.3 Å². The molecule has 19 heavy (non-hydrogen) atoms. The van der Waals surface area contributed by atoms with E-state index in [1.165, 1.54) is 16.0 Å². The molecule has 0 fully saturated rings. The van der Waals surface area contributed by atoms with Gasteiger partial charge in [0.1, 0.15) is 0 Å². The minimum absolute atomic E-state index is 0.282. The van der Waals surface area contributed by atoms with Gasteiger partial charge in [0.25, 0.3) is 0 Å². The molecule has 106 valence electrons. The fraction of sp³-hybridized carbons (Fsp3) is 0.533. The highest BCUT2D eigenvalue weighted by atomic mass is 32.2. The lowest BCUT2D eigenvalue weighted by Gasteiger charge is -2.26. The molecule has 0 radical (unpaired) electrons. The topological polar surface area (TPSA) is 55.1 Å². The third-order valence-corrected chi connectivity index (χ3v) is 4.46. The summed E-state index contributed by atoms with van der Waals surface area (Å²) in [7, 11) is 0. The second-order valence-corrected chi connectivity index (χ2v) is 6.24. The first kappa shape index (κ1) is 16.1. The van der Waals surface area contributed by atoms with Crippen LogP contribution in [0, 0.1) is 13.8 Å². The van der Waals surface area contributed by atoms with Gasteiger partial charge in [0, 0.05) is 10.6 Å². The molecule has 0 spiro atoms. The molecule has 0 saturated carbocycles. The number of nitrogens with two attached hydrogens (primary N) is 1. The van der Waals surface area contributed by atoms with Crippen LogP contribution in [0.25, 0.3) is 0 Å². The Kier molecular flexibility index (Phi) is 5.88. The van der Waals surface area contributed by atoms with Gasteiger partial charge in [-0.05, 0) is 57.0 Å². The Labute approximate surface area is 120 Å². The molecule has 0 bridgehead atoms. The van der Waals surface area contributed by atoms with Crippen LogP contribution >= 0.6 is 11.8 Å². The highest BCUT2D eigenvalue weighted by Crippen LogP contribution is 2.24. The molecule has 0 heterocycles. The standard InChI is InChI=1S/C15H24N2OS/c1-5-17-15(4,14(16)18)8-9-19-13-7-6-11(2)12(3)10-13/h6-7,10,17H,5,8-9H2,1-4H3,(H2,16,18). The van der Waals surface area contributed by atoms with Gasteiger partial charge in [-0.2, -0.15) is 0 Å². The van der Waals surface area contributed by atoms with Crippen LogP contribution in [0.2, 0.25) is 0 Å². The summed E-state index contributed by atoms with van der Waals surface area (Å²) < 4.78 is 0. The van der Waals surface area contributed by atoms with Crippen molar-refractivity contribution in [2.75, 3.05) is 12.3 Å². The Balaban J connectivity index is 2.57. The van der Waals surface area contributed by atoms with Gasteiger partial charge in [0.05, 0.1) is 5.54 Å². The lowest BCUT2D eigenvalue weighted by atomic mass is 9.98. The predicted octanol–water partition coefficient (Wildman–Crippen LogP) is 2.64. The van der Waals surface area contributed by atoms with Gasteiger partial charge in [-0.15, -0.1) is 11.8 Å². The predicted molar refractivity (Wildman–Crippen MR) is 82.5 cm³/mol. The van der Waals surface area contributed by atoms with Gasteiger partial charge in [-0.1, -0.05) is 13.0 Å². The summed E-state index contributed by atoms with van der Waals surface area (Å²) in [6.07, 6.45) is 0.730. The summed E-state index contributed by atoms with van der Waals surface area (Å²) in [6, 6.07) is 6.45. The minimum Gasteiger partial charge on any atom is -0.368 e. The van der Waals surface area contributed by atoms with Gasteiger partial charge in [0.2, 0.25) is 5.91 Å². The maximum absolute atomic E-state index is 11.5. The van der Waals surface area contributed by atoms with E-state index in [4.69, 9.17) is 5.73 Å². The molecule has 0 aliphatic carbocycles. The molecule has 1 rings (SSSR count). The highest BCUT2D eigenvalue weighted by molar-refractivity contribution is 7.99. The first-order chi connectivity index (χ1) is 8.89. The number of aryl methyl sites for hydroxylation is 2. The summed E-state index contributed by atoms with van der Waals surface area (Å²) >= 11 is 1.77. The number of likely N-dealkylation sites (N-methyl/N-ethyl adjacent to an activating group) is 1. The quantitative estimate of drug-likeness (QED) is 0.755. The van der Waals surface area contributed by atoms with Crippen molar-refractivity contribution in [2.45, 2.75) is 44.6 Å². The minimum atomic E-state index is -0.610. The summed E-state index contributed by atoms with van der Waals surface area (Å²) in [5, 5.41) is 3.18. The number of primary amides is 1. The zero-order valence-corrected chi connectivity index (χ0v) is 13.1.